The summed E-state index contributed by atoms with van der Waals surface area (Å²) < 4.78 is 5.46. The Morgan fingerprint density at radius 2 is 2.06 bits per heavy atom. The quantitative estimate of drug-likeness (QED) is 0.714. The fraction of sp³-hybridized carbons (Fsp3) is 0.917. The molecule has 1 saturated heterocycles. The van der Waals surface area contributed by atoms with E-state index in [-0.39, 0.29) is 5.91 Å². The van der Waals surface area contributed by atoms with Gasteiger partial charge in [0.15, 0.2) is 0 Å². The van der Waals surface area contributed by atoms with Gasteiger partial charge in [0.2, 0.25) is 0 Å². The molecule has 2 N–H and O–H groups in total. The Labute approximate surface area is 103 Å². The molecule has 5 nitrogen and oxygen atoms in total. The van der Waals surface area contributed by atoms with Crippen LogP contribution in [0.2, 0.25) is 0 Å². The molecule has 1 aliphatic rings. The Morgan fingerprint density at radius 3 is 2.59 bits per heavy atom. The molecular formula is C12H24N2O3. The topological polar surface area (TPSA) is 61.8 Å². The van der Waals surface area contributed by atoms with Gasteiger partial charge in [0, 0.05) is 26.2 Å². The highest BCUT2D eigenvalue weighted by atomic mass is 16.5. The molecule has 0 aliphatic carbocycles. The van der Waals surface area contributed by atoms with Crippen molar-refractivity contribution in [2.45, 2.75) is 38.9 Å². The highest BCUT2D eigenvalue weighted by molar-refractivity contribution is 5.80. The minimum absolute atomic E-state index is 0.0437. The Kier molecular flexibility index (Phi) is 5.36. The Balaban J connectivity index is 2.26. The van der Waals surface area contributed by atoms with Crippen molar-refractivity contribution in [2.75, 3.05) is 32.8 Å². The van der Waals surface area contributed by atoms with Gasteiger partial charge >= 0.3 is 0 Å². The number of hydrogen-bond donors (Lipinski definition) is 2. The van der Waals surface area contributed by atoms with E-state index in [0.717, 1.165) is 26.2 Å². The van der Waals surface area contributed by atoms with Crippen LogP contribution in [-0.2, 0) is 9.53 Å². The van der Waals surface area contributed by atoms with Gasteiger partial charge in [-0.15, -0.1) is 0 Å². The van der Waals surface area contributed by atoms with E-state index >= 15 is 0 Å². The number of nitrogens with one attached hydrogen (secondary N) is 1. The smallest absolute Gasteiger partial charge is 0.251 e. The number of piperazine rings is 1. The molecule has 0 spiro atoms. The van der Waals surface area contributed by atoms with Crippen molar-refractivity contribution in [1.29, 1.82) is 0 Å². The first kappa shape index (κ1) is 14.4. The van der Waals surface area contributed by atoms with Gasteiger partial charge in [-0.1, -0.05) is 0 Å². The summed E-state index contributed by atoms with van der Waals surface area (Å²) in [6, 6.07) is 0. The second-order valence-corrected chi connectivity index (χ2v) is 5.15. The average molecular weight is 244 g/mol. The molecule has 0 radical (unpaired) electrons. The van der Waals surface area contributed by atoms with E-state index in [1.807, 2.05) is 4.90 Å². The van der Waals surface area contributed by atoms with Crippen molar-refractivity contribution in [1.82, 2.24) is 10.2 Å². The lowest BCUT2D eigenvalue weighted by Crippen LogP contribution is -2.49. The van der Waals surface area contributed by atoms with Gasteiger partial charge in [-0.2, -0.15) is 0 Å². The van der Waals surface area contributed by atoms with Crippen LogP contribution in [0, 0.1) is 0 Å². The van der Waals surface area contributed by atoms with Crippen LogP contribution in [0.5, 0.6) is 0 Å². The highest BCUT2D eigenvalue weighted by Gasteiger charge is 2.23. The Bertz CT molecular complexity index is 245. The molecule has 0 saturated carbocycles. The molecule has 1 heterocycles. The lowest BCUT2D eigenvalue weighted by atomic mass is 10.1. The molecule has 0 aromatic rings. The van der Waals surface area contributed by atoms with Crippen LogP contribution in [0.1, 0.15) is 27.2 Å². The molecule has 0 aromatic carbocycles. The molecule has 1 aliphatic heterocycles. The van der Waals surface area contributed by atoms with E-state index in [1.54, 1.807) is 20.8 Å². The number of carbonyl (C=O) groups is 1. The van der Waals surface area contributed by atoms with E-state index < -0.39 is 11.7 Å². The summed E-state index contributed by atoms with van der Waals surface area (Å²) in [5.41, 5.74) is -0.738. The number of amides is 1. The van der Waals surface area contributed by atoms with Gasteiger partial charge in [-0.3, -0.25) is 4.79 Å². The fourth-order valence-corrected chi connectivity index (χ4v) is 1.70. The summed E-state index contributed by atoms with van der Waals surface area (Å²) in [7, 11) is 0. The van der Waals surface area contributed by atoms with Crippen molar-refractivity contribution < 1.29 is 14.6 Å². The first-order valence-corrected chi connectivity index (χ1v) is 6.23. The molecule has 1 rings (SSSR count). The van der Waals surface area contributed by atoms with Crippen molar-refractivity contribution in [2.24, 2.45) is 0 Å². The van der Waals surface area contributed by atoms with E-state index in [1.165, 1.54) is 0 Å². The molecule has 17 heavy (non-hydrogen) atoms. The predicted molar refractivity (Wildman–Crippen MR) is 65.8 cm³/mol. The summed E-state index contributed by atoms with van der Waals surface area (Å²) in [6.45, 7) is 8.84. The number of aliphatic hydroxyl groups is 1. The summed E-state index contributed by atoms with van der Waals surface area (Å²) in [5, 5.41) is 12.7. The highest BCUT2D eigenvalue weighted by Crippen LogP contribution is 2.09. The molecular weight excluding hydrogens is 220 g/mol. The van der Waals surface area contributed by atoms with Gasteiger partial charge in [-0.05, 0) is 27.2 Å². The average Bonchev–Trinajstić information content (AvgIpc) is 2.27. The maximum absolute atomic E-state index is 12.0. The SMILES string of the molecule is CC(OCCC(C)(C)O)C(=O)N1CCNCC1. The second-order valence-electron chi connectivity index (χ2n) is 5.15. The normalized spacial score (nSPS) is 19.2. The van der Waals surface area contributed by atoms with E-state index in [9.17, 15) is 9.90 Å². The van der Waals surface area contributed by atoms with Gasteiger partial charge in [-0.25, -0.2) is 0 Å². The molecule has 1 amide bonds. The fourth-order valence-electron chi connectivity index (χ4n) is 1.70. The van der Waals surface area contributed by atoms with Gasteiger partial charge < -0.3 is 20.1 Å². The number of rotatable bonds is 5. The first-order valence-electron chi connectivity index (χ1n) is 6.23. The van der Waals surface area contributed by atoms with Crippen LogP contribution < -0.4 is 5.32 Å². The molecule has 1 atom stereocenters. The summed E-state index contributed by atoms with van der Waals surface area (Å²) >= 11 is 0. The standard InChI is InChI=1S/C12H24N2O3/c1-10(17-9-4-12(2,3)16)11(15)14-7-5-13-6-8-14/h10,13,16H,4-9H2,1-3H3. The molecule has 0 aromatic heterocycles. The number of nitrogens with zero attached hydrogens (tertiary/aromatic N) is 1. The number of hydrogen-bond acceptors (Lipinski definition) is 4. The van der Waals surface area contributed by atoms with Crippen LogP contribution in [0.25, 0.3) is 0 Å². The van der Waals surface area contributed by atoms with Crippen LogP contribution >= 0.6 is 0 Å². The molecule has 0 bridgehead atoms. The van der Waals surface area contributed by atoms with E-state index in [0.29, 0.717) is 13.0 Å². The van der Waals surface area contributed by atoms with Gasteiger partial charge in [0.1, 0.15) is 6.10 Å². The Morgan fingerprint density at radius 1 is 1.47 bits per heavy atom. The molecule has 1 fully saturated rings. The van der Waals surface area contributed by atoms with E-state index in [2.05, 4.69) is 5.32 Å². The zero-order valence-electron chi connectivity index (χ0n) is 11.0. The maximum Gasteiger partial charge on any atom is 0.251 e. The maximum atomic E-state index is 12.0. The lowest BCUT2D eigenvalue weighted by Gasteiger charge is -2.30. The predicted octanol–water partition coefficient (Wildman–Crippen LogP) is -0.0157. The minimum Gasteiger partial charge on any atom is -0.390 e. The summed E-state index contributed by atoms with van der Waals surface area (Å²) in [4.78, 5) is 13.8. The van der Waals surface area contributed by atoms with Crippen LogP contribution in [0.15, 0.2) is 0 Å². The van der Waals surface area contributed by atoms with Gasteiger partial charge in [0.25, 0.3) is 5.91 Å². The third kappa shape index (κ3) is 5.48. The largest absolute Gasteiger partial charge is 0.390 e. The van der Waals surface area contributed by atoms with Crippen LogP contribution in [-0.4, -0.2) is 60.4 Å². The van der Waals surface area contributed by atoms with Crippen molar-refractivity contribution in [3.05, 3.63) is 0 Å². The molecule has 1 unspecified atom stereocenters. The summed E-state index contributed by atoms with van der Waals surface area (Å²) in [5.74, 6) is 0.0437. The first-order chi connectivity index (χ1) is 7.90. The van der Waals surface area contributed by atoms with Gasteiger partial charge in [0.05, 0.1) is 12.2 Å². The Hall–Kier alpha value is -0.650. The van der Waals surface area contributed by atoms with Crippen molar-refractivity contribution >= 4 is 5.91 Å². The molecule has 5 heteroatoms. The third-order valence-electron chi connectivity index (χ3n) is 2.86. The van der Waals surface area contributed by atoms with Crippen molar-refractivity contribution in [3.63, 3.8) is 0 Å². The van der Waals surface area contributed by atoms with Crippen molar-refractivity contribution in [3.8, 4) is 0 Å². The van der Waals surface area contributed by atoms with E-state index in [4.69, 9.17) is 4.74 Å². The summed E-state index contributed by atoms with van der Waals surface area (Å²) in [6.07, 6.45) is 0.113. The zero-order chi connectivity index (χ0) is 12.9. The number of ether oxygens (including phenoxy) is 1. The lowest BCUT2D eigenvalue weighted by molar-refractivity contribution is -0.144. The third-order valence-corrected chi connectivity index (χ3v) is 2.86. The molecule has 100 valence electrons. The second kappa shape index (κ2) is 6.33. The number of carbonyl (C=O) groups excluding carboxylic acids is 1. The van der Waals surface area contributed by atoms with Crippen LogP contribution in [0.3, 0.4) is 0 Å². The monoisotopic (exact) mass is 244 g/mol. The minimum atomic E-state index is -0.738. The van der Waals surface area contributed by atoms with Crippen LogP contribution in [0.4, 0.5) is 0 Å². The zero-order valence-corrected chi connectivity index (χ0v) is 11.0.